The standard InChI is InChI=1S/C10H19N3O2S2/c1-7(2)5-4-6-12-10-8(17(3,14)15)9(11)13-16-10/h7,12H,4-6H2,1-3H3,(H2,11,13). The van der Waals surface area contributed by atoms with Crippen molar-refractivity contribution in [2.45, 2.75) is 31.6 Å². The van der Waals surface area contributed by atoms with Gasteiger partial charge in [0.15, 0.2) is 15.7 Å². The van der Waals surface area contributed by atoms with Crippen LogP contribution in [0.25, 0.3) is 0 Å². The van der Waals surface area contributed by atoms with Crippen LogP contribution in [-0.4, -0.2) is 25.6 Å². The van der Waals surface area contributed by atoms with Gasteiger partial charge in [0, 0.05) is 12.8 Å². The van der Waals surface area contributed by atoms with Crippen LogP contribution in [0.2, 0.25) is 0 Å². The molecule has 1 aromatic heterocycles. The van der Waals surface area contributed by atoms with Crippen LogP contribution >= 0.6 is 11.5 Å². The molecule has 0 aliphatic heterocycles. The van der Waals surface area contributed by atoms with E-state index in [0.29, 0.717) is 10.9 Å². The van der Waals surface area contributed by atoms with E-state index in [4.69, 9.17) is 5.73 Å². The van der Waals surface area contributed by atoms with Gasteiger partial charge in [0.25, 0.3) is 0 Å². The molecule has 1 rings (SSSR count). The zero-order valence-corrected chi connectivity index (χ0v) is 12.0. The number of nitrogens with one attached hydrogen (secondary N) is 1. The van der Waals surface area contributed by atoms with E-state index in [9.17, 15) is 8.42 Å². The van der Waals surface area contributed by atoms with Crippen LogP contribution < -0.4 is 11.1 Å². The molecule has 0 fully saturated rings. The first kappa shape index (κ1) is 14.2. The van der Waals surface area contributed by atoms with Crippen LogP contribution in [-0.2, 0) is 9.84 Å². The predicted molar refractivity (Wildman–Crippen MR) is 72.2 cm³/mol. The number of nitrogen functional groups attached to an aromatic ring is 1. The first-order valence-electron chi connectivity index (χ1n) is 5.51. The lowest BCUT2D eigenvalue weighted by Crippen LogP contribution is -2.07. The zero-order chi connectivity index (χ0) is 13.1. The lowest BCUT2D eigenvalue weighted by atomic mass is 10.1. The van der Waals surface area contributed by atoms with Crippen molar-refractivity contribution in [3.05, 3.63) is 0 Å². The molecule has 98 valence electrons. The molecule has 0 amide bonds. The van der Waals surface area contributed by atoms with Gasteiger partial charge < -0.3 is 11.1 Å². The lowest BCUT2D eigenvalue weighted by Gasteiger charge is -2.07. The summed E-state index contributed by atoms with van der Waals surface area (Å²) in [6.45, 7) is 5.06. The minimum Gasteiger partial charge on any atom is -0.382 e. The molecule has 0 saturated carbocycles. The Morgan fingerprint density at radius 2 is 2.12 bits per heavy atom. The molecular formula is C10H19N3O2S2. The monoisotopic (exact) mass is 277 g/mol. The number of nitrogens with two attached hydrogens (primary N) is 1. The van der Waals surface area contributed by atoms with E-state index >= 15 is 0 Å². The third kappa shape index (κ3) is 4.16. The Morgan fingerprint density at radius 1 is 1.47 bits per heavy atom. The fourth-order valence-electron chi connectivity index (χ4n) is 1.48. The normalized spacial score (nSPS) is 12.0. The van der Waals surface area contributed by atoms with Crippen molar-refractivity contribution in [3.8, 4) is 0 Å². The van der Waals surface area contributed by atoms with Crippen LogP contribution in [0, 0.1) is 5.92 Å². The van der Waals surface area contributed by atoms with Gasteiger partial charge in [0.2, 0.25) is 0 Å². The van der Waals surface area contributed by atoms with Crippen molar-refractivity contribution in [2.24, 2.45) is 5.92 Å². The Bertz CT molecular complexity index is 466. The highest BCUT2D eigenvalue weighted by Crippen LogP contribution is 2.31. The third-order valence-corrected chi connectivity index (χ3v) is 4.39. The third-order valence-electron chi connectivity index (χ3n) is 2.29. The van der Waals surface area contributed by atoms with Gasteiger partial charge in [-0.15, -0.1) is 0 Å². The molecule has 0 aliphatic carbocycles. The van der Waals surface area contributed by atoms with Crippen molar-refractivity contribution in [1.82, 2.24) is 4.37 Å². The Balaban J connectivity index is 2.67. The van der Waals surface area contributed by atoms with E-state index < -0.39 is 9.84 Å². The summed E-state index contributed by atoms with van der Waals surface area (Å²) in [5.41, 5.74) is 5.56. The van der Waals surface area contributed by atoms with Crippen LogP contribution in [0.3, 0.4) is 0 Å². The first-order valence-corrected chi connectivity index (χ1v) is 8.18. The predicted octanol–water partition coefficient (Wildman–Crippen LogP) is 1.98. The molecule has 1 heterocycles. The number of anilines is 2. The fourth-order valence-corrected chi connectivity index (χ4v) is 3.57. The summed E-state index contributed by atoms with van der Waals surface area (Å²) >= 11 is 1.10. The van der Waals surface area contributed by atoms with Gasteiger partial charge in [-0.05, 0) is 30.3 Å². The Hall–Kier alpha value is -0.820. The molecule has 0 aromatic carbocycles. The van der Waals surface area contributed by atoms with E-state index in [0.717, 1.165) is 37.2 Å². The van der Waals surface area contributed by atoms with Crippen LogP contribution in [0.1, 0.15) is 26.7 Å². The van der Waals surface area contributed by atoms with Gasteiger partial charge in [0.05, 0.1) is 0 Å². The van der Waals surface area contributed by atoms with Crippen LogP contribution in [0.5, 0.6) is 0 Å². The van der Waals surface area contributed by atoms with E-state index in [2.05, 4.69) is 23.5 Å². The molecule has 1 aromatic rings. The number of nitrogens with zero attached hydrogens (tertiary/aromatic N) is 1. The molecule has 0 bridgehead atoms. The summed E-state index contributed by atoms with van der Waals surface area (Å²) in [5.74, 6) is 0.738. The van der Waals surface area contributed by atoms with Crippen LogP contribution in [0.15, 0.2) is 4.90 Å². The number of aromatic nitrogens is 1. The van der Waals surface area contributed by atoms with Crippen molar-refractivity contribution in [3.63, 3.8) is 0 Å². The minimum atomic E-state index is -3.31. The summed E-state index contributed by atoms with van der Waals surface area (Å²) in [7, 11) is -3.31. The maximum Gasteiger partial charge on any atom is 0.182 e. The summed E-state index contributed by atoms with van der Waals surface area (Å²) < 4.78 is 26.9. The summed E-state index contributed by atoms with van der Waals surface area (Å²) in [6, 6.07) is 0. The molecule has 3 N–H and O–H groups in total. The van der Waals surface area contributed by atoms with Crippen molar-refractivity contribution >= 4 is 32.2 Å². The molecule has 7 heteroatoms. The Labute approximate surface area is 107 Å². The van der Waals surface area contributed by atoms with Crippen LogP contribution in [0.4, 0.5) is 10.8 Å². The SMILES string of the molecule is CC(C)CCCNc1snc(N)c1S(C)(=O)=O. The number of rotatable bonds is 6. The Morgan fingerprint density at radius 3 is 2.65 bits per heavy atom. The average molecular weight is 277 g/mol. The molecule has 0 saturated heterocycles. The van der Waals surface area contributed by atoms with Gasteiger partial charge in [0.1, 0.15) is 9.90 Å². The molecule has 0 spiro atoms. The van der Waals surface area contributed by atoms with Gasteiger partial charge in [-0.1, -0.05) is 13.8 Å². The highest BCUT2D eigenvalue weighted by molar-refractivity contribution is 7.91. The molecule has 0 atom stereocenters. The van der Waals surface area contributed by atoms with Gasteiger partial charge in [-0.25, -0.2) is 8.42 Å². The second-order valence-corrected chi connectivity index (χ2v) is 7.19. The fraction of sp³-hybridized carbons (Fsp3) is 0.700. The van der Waals surface area contributed by atoms with Gasteiger partial charge >= 0.3 is 0 Å². The van der Waals surface area contributed by atoms with Gasteiger partial charge in [-0.2, -0.15) is 4.37 Å². The number of sulfone groups is 1. The number of hydrogen-bond donors (Lipinski definition) is 2. The first-order chi connectivity index (χ1) is 7.82. The second kappa shape index (κ2) is 5.68. The van der Waals surface area contributed by atoms with Crippen molar-refractivity contribution < 1.29 is 8.42 Å². The largest absolute Gasteiger partial charge is 0.382 e. The summed E-state index contributed by atoms with van der Waals surface area (Å²) in [4.78, 5) is 0.132. The molecule has 0 radical (unpaired) electrons. The maximum atomic E-state index is 11.5. The quantitative estimate of drug-likeness (QED) is 0.777. The van der Waals surface area contributed by atoms with E-state index in [1.165, 1.54) is 0 Å². The molecule has 17 heavy (non-hydrogen) atoms. The smallest absolute Gasteiger partial charge is 0.182 e. The van der Waals surface area contributed by atoms with E-state index in [-0.39, 0.29) is 10.7 Å². The molecule has 5 nitrogen and oxygen atoms in total. The molecule has 0 aliphatic rings. The second-order valence-electron chi connectivity index (χ2n) is 4.46. The topological polar surface area (TPSA) is 85.1 Å². The molecule has 0 unspecified atom stereocenters. The summed E-state index contributed by atoms with van der Waals surface area (Å²) in [6.07, 6.45) is 3.25. The maximum absolute atomic E-state index is 11.5. The average Bonchev–Trinajstić information content (AvgIpc) is 2.53. The van der Waals surface area contributed by atoms with Crippen molar-refractivity contribution in [1.29, 1.82) is 0 Å². The van der Waals surface area contributed by atoms with Crippen molar-refractivity contribution in [2.75, 3.05) is 23.9 Å². The lowest BCUT2D eigenvalue weighted by molar-refractivity contribution is 0.567. The van der Waals surface area contributed by atoms with E-state index in [1.807, 2.05) is 0 Å². The van der Waals surface area contributed by atoms with E-state index in [1.54, 1.807) is 0 Å². The van der Waals surface area contributed by atoms with Gasteiger partial charge in [-0.3, -0.25) is 0 Å². The number of hydrogen-bond acceptors (Lipinski definition) is 6. The zero-order valence-electron chi connectivity index (χ0n) is 10.4. The highest BCUT2D eigenvalue weighted by atomic mass is 32.2. The molecular weight excluding hydrogens is 258 g/mol. The minimum absolute atomic E-state index is 0.0869. The summed E-state index contributed by atoms with van der Waals surface area (Å²) in [5, 5.41) is 3.64. The highest BCUT2D eigenvalue weighted by Gasteiger charge is 2.20. The Kier molecular flexibility index (Phi) is 4.76.